The van der Waals surface area contributed by atoms with Gasteiger partial charge >= 0.3 is 0 Å². The second kappa shape index (κ2) is 14.3. The summed E-state index contributed by atoms with van der Waals surface area (Å²) in [7, 11) is -2.91. The van der Waals surface area contributed by atoms with E-state index in [-0.39, 0.29) is 46.1 Å². The summed E-state index contributed by atoms with van der Waals surface area (Å²) in [4.78, 5) is 18.6. The van der Waals surface area contributed by atoms with Gasteiger partial charge in [-0.25, -0.2) is 4.21 Å². The number of halogens is 2. The maximum atomic E-state index is 14.0. The van der Waals surface area contributed by atoms with Crippen LogP contribution in [0.1, 0.15) is 80.3 Å². The number of benzene rings is 2. The highest BCUT2D eigenvalue weighted by molar-refractivity contribution is 7.99. The Morgan fingerprint density at radius 3 is 2.53 bits per heavy atom. The first-order valence-corrected chi connectivity index (χ1v) is 21.7. The number of hydrogen-bond acceptors (Lipinski definition) is 7. The van der Waals surface area contributed by atoms with Gasteiger partial charge in [0.2, 0.25) is 0 Å². The third-order valence-electron chi connectivity index (χ3n) is 13.3. The molecule has 4 aliphatic heterocycles. The van der Waals surface area contributed by atoms with Gasteiger partial charge in [-0.05, 0) is 117 Å². The number of alkyl halides is 1. The highest BCUT2D eigenvalue weighted by atomic mass is 35.5. The molecular formula is C40H53Cl2N3O5S. The number of rotatable bonds is 2. The Labute approximate surface area is 314 Å². The number of likely N-dealkylation sites (tertiary alicyclic amines) is 1. The van der Waals surface area contributed by atoms with Crippen molar-refractivity contribution in [2.24, 2.45) is 23.7 Å². The SMILES string of the molecule is C=S1(=O)NC(=O)c2ccc3c(c2)N(C[C@@H]2CC[C@H]2[C@H](C2OCC(N4CC(Cl)C4)CO2)CCC[C@H](C)[C@H]1C)C[C@@]1(CCCc2cc(Cl)ccc21)CO3. The normalized spacial score (nSPS) is 37.9. The average Bonchev–Trinajstić information content (AvgIpc) is 3.24. The molecule has 4 heterocycles. The second-order valence-electron chi connectivity index (χ2n) is 16.5. The maximum Gasteiger partial charge on any atom is 0.262 e. The molecule has 2 aromatic carbocycles. The Bertz CT molecular complexity index is 1730. The highest BCUT2D eigenvalue weighted by Crippen LogP contribution is 2.49. The van der Waals surface area contributed by atoms with Gasteiger partial charge in [0, 0.05) is 53.3 Å². The van der Waals surface area contributed by atoms with Crippen LogP contribution in [0.5, 0.6) is 5.75 Å². The topological polar surface area (TPSA) is 80.3 Å². The van der Waals surface area contributed by atoms with Crippen molar-refractivity contribution >= 4 is 50.4 Å². The fourth-order valence-corrected chi connectivity index (χ4v) is 11.8. The number of ether oxygens (including phenoxy) is 3. The van der Waals surface area contributed by atoms with Crippen LogP contribution in [0, 0.1) is 23.7 Å². The lowest BCUT2D eigenvalue weighted by atomic mass is 9.64. The summed E-state index contributed by atoms with van der Waals surface area (Å²) in [5, 5.41) is 0.710. The summed E-state index contributed by atoms with van der Waals surface area (Å²) < 4.78 is 36.7. The lowest BCUT2D eigenvalue weighted by Gasteiger charge is -2.50. The molecule has 51 heavy (non-hydrogen) atoms. The van der Waals surface area contributed by atoms with Crippen molar-refractivity contribution in [1.29, 1.82) is 0 Å². The van der Waals surface area contributed by atoms with E-state index in [0.717, 1.165) is 94.0 Å². The molecule has 11 heteroatoms. The molecule has 2 aliphatic carbocycles. The zero-order valence-corrected chi connectivity index (χ0v) is 32.3. The molecule has 3 fully saturated rings. The minimum Gasteiger partial charge on any atom is -0.490 e. The van der Waals surface area contributed by atoms with Crippen molar-refractivity contribution in [3.8, 4) is 5.75 Å². The number of amides is 1. The Morgan fingerprint density at radius 2 is 1.78 bits per heavy atom. The Morgan fingerprint density at radius 1 is 0.980 bits per heavy atom. The van der Waals surface area contributed by atoms with Crippen LogP contribution in [0.2, 0.25) is 5.02 Å². The van der Waals surface area contributed by atoms with E-state index in [4.69, 9.17) is 37.4 Å². The van der Waals surface area contributed by atoms with Crippen LogP contribution in [-0.2, 0) is 31.0 Å². The van der Waals surface area contributed by atoms with E-state index >= 15 is 0 Å². The predicted molar refractivity (Wildman–Crippen MR) is 206 cm³/mol. The van der Waals surface area contributed by atoms with Gasteiger partial charge in [-0.2, -0.15) is 0 Å². The number of carbonyl (C=O) groups excluding carboxylic acids is 1. The third kappa shape index (κ3) is 7.05. The molecule has 7 atom stereocenters. The van der Waals surface area contributed by atoms with Gasteiger partial charge in [0.05, 0.1) is 46.6 Å². The van der Waals surface area contributed by atoms with Crippen LogP contribution >= 0.6 is 23.2 Å². The van der Waals surface area contributed by atoms with Crippen molar-refractivity contribution in [2.75, 3.05) is 50.9 Å². The van der Waals surface area contributed by atoms with E-state index in [1.54, 1.807) is 6.07 Å². The van der Waals surface area contributed by atoms with Gasteiger partial charge < -0.3 is 19.1 Å². The molecule has 1 N–H and O–H groups in total. The standard InChI is InChI=1S/C40H53Cl2N3O5S/c1-25-6-4-8-34(39-48-21-32(22-49-39)44-19-31(42)20-44)33-12-9-29(33)18-45-23-40(15-5-7-27-16-30(41)11-13-35(27)40)24-50-37-14-10-28(17-36(37)45)38(46)43-51(3,47)26(25)2/h10-11,13-14,16-17,25-26,29,31-34,39H,3-9,12,15,18-24H2,1-2H3,(H,43,46,47)/t25-,26+,29-,32?,33+,34+,39?,40-,51?/m0/s1. The number of aryl methyl sites for hydroxylation is 1. The fourth-order valence-electron chi connectivity index (χ4n) is 9.79. The molecule has 8 nitrogen and oxygen atoms in total. The van der Waals surface area contributed by atoms with Crippen LogP contribution in [0.15, 0.2) is 36.4 Å². The molecule has 1 spiro atoms. The number of hydrogen-bond donors (Lipinski definition) is 1. The minimum atomic E-state index is -2.91. The Balaban J connectivity index is 1.13. The van der Waals surface area contributed by atoms with Gasteiger partial charge in [0.15, 0.2) is 6.29 Å². The zero-order valence-electron chi connectivity index (χ0n) is 30.0. The van der Waals surface area contributed by atoms with Crippen LogP contribution in [0.4, 0.5) is 5.69 Å². The van der Waals surface area contributed by atoms with E-state index in [2.05, 4.69) is 39.4 Å². The quantitative estimate of drug-likeness (QED) is 0.270. The number of nitrogens with zero attached hydrogens (tertiary/aromatic N) is 2. The number of carbonyl (C=O) groups is 1. The largest absolute Gasteiger partial charge is 0.490 e. The van der Waals surface area contributed by atoms with E-state index in [1.807, 2.05) is 25.1 Å². The molecule has 0 radical (unpaired) electrons. The van der Waals surface area contributed by atoms with E-state index in [1.165, 1.54) is 11.1 Å². The zero-order chi connectivity index (χ0) is 35.5. The van der Waals surface area contributed by atoms with Gasteiger partial charge in [0.25, 0.3) is 5.91 Å². The van der Waals surface area contributed by atoms with Crippen molar-refractivity contribution in [3.05, 3.63) is 58.1 Å². The molecule has 8 rings (SSSR count). The van der Waals surface area contributed by atoms with E-state index < -0.39 is 9.71 Å². The second-order valence-corrected chi connectivity index (χ2v) is 19.9. The molecule has 1 amide bonds. The van der Waals surface area contributed by atoms with Gasteiger partial charge in [-0.3, -0.25) is 14.4 Å². The van der Waals surface area contributed by atoms with Crippen LogP contribution in [0.25, 0.3) is 0 Å². The minimum absolute atomic E-state index is 0.119. The molecule has 2 saturated heterocycles. The van der Waals surface area contributed by atoms with E-state index in [9.17, 15) is 9.00 Å². The first-order chi connectivity index (χ1) is 24.5. The van der Waals surface area contributed by atoms with Crippen molar-refractivity contribution in [3.63, 3.8) is 0 Å². The van der Waals surface area contributed by atoms with Crippen LogP contribution in [0.3, 0.4) is 0 Å². The summed E-state index contributed by atoms with van der Waals surface area (Å²) >= 11 is 12.8. The number of anilines is 1. The summed E-state index contributed by atoms with van der Waals surface area (Å²) in [5.41, 5.74) is 3.81. The smallest absolute Gasteiger partial charge is 0.262 e. The lowest BCUT2D eigenvalue weighted by molar-refractivity contribution is -0.246. The Kier molecular flexibility index (Phi) is 10.1. The number of nitrogens with one attached hydrogen (secondary N) is 1. The summed E-state index contributed by atoms with van der Waals surface area (Å²) in [6, 6.07) is 12.3. The monoisotopic (exact) mass is 757 g/mol. The molecular weight excluding hydrogens is 705 g/mol. The third-order valence-corrected chi connectivity index (χ3v) is 16.0. The first kappa shape index (κ1) is 36.0. The molecule has 2 bridgehead atoms. The molecule has 1 saturated carbocycles. The predicted octanol–water partition coefficient (Wildman–Crippen LogP) is 6.69. The molecule has 278 valence electrons. The van der Waals surface area contributed by atoms with Crippen molar-refractivity contribution in [1.82, 2.24) is 9.62 Å². The lowest BCUT2D eigenvalue weighted by Crippen LogP contribution is -2.59. The van der Waals surface area contributed by atoms with Crippen LogP contribution in [-0.4, -0.2) is 89.8 Å². The number of fused-ring (bicyclic) bond motifs is 4. The van der Waals surface area contributed by atoms with E-state index in [0.29, 0.717) is 37.2 Å². The Hall–Kier alpha value is -2.01. The fraction of sp³-hybridized carbons (Fsp3) is 0.650. The first-order valence-electron chi connectivity index (χ1n) is 19.1. The van der Waals surface area contributed by atoms with Gasteiger partial charge in [0.1, 0.15) is 5.75 Å². The van der Waals surface area contributed by atoms with Crippen LogP contribution < -0.4 is 14.4 Å². The molecule has 6 aliphatic rings. The molecule has 2 aromatic rings. The summed E-state index contributed by atoms with van der Waals surface area (Å²) in [6.45, 7) is 9.41. The molecule has 0 aromatic heterocycles. The summed E-state index contributed by atoms with van der Waals surface area (Å²) in [5.74, 6) is 5.78. The molecule has 1 unspecified atom stereocenters. The van der Waals surface area contributed by atoms with Crippen molar-refractivity contribution in [2.45, 2.75) is 93.6 Å². The average molecular weight is 759 g/mol. The summed E-state index contributed by atoms with van der Waals surface area (Å²) in [6.07, 6.45) is 7.99. The van der Waals surface area contributed by atoms with Gasteiger partial charge in [-0.1, -0.05) is 31.0 Å². The van der Waals surface area contributed by atoms with Crippen molar-refractivity contribution < 1.29 is 23.2 Å². The van der Waals surface area contributed by atoms with Gasteiger partial charge in [-0.15, -0.1) is 11.6 Å². The highest BCUT2D eigenvalue weighted by Gasteiger charge is 2.47. The maximum absolute atomic E-state index is 14.0.